The molecule has 80 valence electrons. The number of oxime groups is 1. The highest BCUT2D eigenvalue weighted by atomic mass is 16.4. The second-order valence-corrected chi connectivity index (χ2v) is 4.18. The summed E-state index contributed by atoms with van der Waals surface area (Å²) >= 11 is 0. The Kier molecular flexibility index (Phi) is 3.38. The van der Waals surface area contributed by atoms with Crippen LogP contribution in [-0.2, 0) is 0 Å². The van der Waals surface area contributed by atoms with Gasteiger partial charge in [0.05, 0.1) is 5.71 Å². The quantitative estimate of drug-likeness (QED) is 0.514. The van der Waals surface area contributed by atoms with Crippen molar-refractivity contribution >= 4 is 5.71 Å². The van der Waals surface area contributed by atoms with Gasteiger partial charge in [-0.15, -0.1) is 0 Å². The summed E-state index contributed by atoms with van der Waals surface area (Å²) in [7, 11) is 0. The van der Waals surface area contributed by atoms with Crippen molar-refractivity contribution in [3.8, 4) is 0 Å². The Balaban J connectivity index is 2.14. The Bertz CT molecular complexity index is 309. The van der Waals surface area contributed by atoms with Crippen molar-refractivity contribution in [2.45, 2.75) is 25.7 Å². The van der Waals surface area contributed by atoms with Gasteiger partial charge in [-0.25, -0.2) is 0 Å². The lowest BCUT2D eigenvalue weighted by Crippen LogP contribution is -2.25. The minimum absolute atomic E-state index is 0.395. The van der Waals surface area contributed by atoms with Gasteiger partial charge >= 0.3 is 0 Å². The average molecular weight is 203 g/mol. The third-order valence-electron chi connectivity index (χ3n) is 3.22. The van der Waals surface area contributed by atoms with E-state index in [1.807, 2.05) is 12.2 Å². The zero-order valence-corrected chi connectivity index (χ0v) is 8.84. The molecule has 1 unspecified atom stereocenters. The molecule has 0 aliphatic heterocycles. The van der Waals surface area contributed by atoms with E-state index in [2.05, 4.69) is 29.5 Å². The lowest BCUT2D eigenvalue weighted by molar-refractivity contribution is 0.306. The van der Waals surface area contributed by atoms with Gasteiger partial charge in [0, 0.05) is 11.8 Å². The van der Waals surface area contributed by atoms with Gasteiger partial charge < -0.3 is 5.21 Å². The topological polar surface area (TPSA) is 32.6 Å². The summed E-state index contributed by atoms with van der Waals surface area (Å²) in [5.41, 5.74) is 0.974. The maximum Gasteiger partial charge on any atom is 0.0610 e. The molecule has 2 aliphatic carbocycles. The lowest BCUT2D eigenvalue weighted by atomic mass is 9.78. The van der Waals surface area contributed by atoms with Gasteiger partial charge in [-0.1, -0.05) is 48.0 Å². The summed E-state index contributed by atoms with van der Waals surface area (Å²) in [5.74, 6) is 0.794. The van der Waals surface area contributed by atoms with E-state index >= 15 is 0 Å². The van der Waals surface area contributed by atoms with E-state index < -0.39 is 0 Å². The molecule has 2 rings (SSSR count). The van der Waals surface area contributed by atoms with Crippen molar-refractivity contribution in [2.24, 2.45) is 17.0 Å². The van der Waals surface area contributed by atoms with Crippen molar-refractivity contribution in [1.82, 2.24) is 0 Å². The highest BCUT2D eigenvalue weighted by molar-refractivity contribution is 5.87. The predicted molar refractivity (Wildman–Crippen MR) is 62.1 cm³/mol. The minimum atomic E-state index is 0.395. The van der Waals surface area contributed by atoms with Gasteiger partial charge in [-0.05, 0) is 19.3 Å². The molecule has 0 heterocycles. The zero-order valence-electron chi connectivity index (χ0n) is 8.84. The second-order valence-electron chi connectivity index (χ2n) is 4.18. The van der Waals surface area contributed by atoms with E-state index in [4.69, 9.17) is 5.21 Å². The average Bonchev–Trinajstić information content (AvgIpc) is 2.57. The van der Waals surface area contributed by atoms with Crippen LogP contribution in [0.5, 0.6) is 0 Å². The Morgan fingerprint density at radius 3 is 2.47 bits per heavy atom. The standard InChI is InChI=1S/C13H17NO/c15-14-13-10-6-5-9-12(13)11-7-3-1-2-4-8-11/h1-4,7-8,11-12,15H,5-6,9-10H2/b14-13-. The van der Waals surface area contributed by atoms with Crippen molar-refractivity contribution in [1.29, 1.82) is 0 Å². The molecule has 15 heavy (non-hydrogen) atoms. The Labute approximate surface area is 90.7 Å². The maximum atomic E-state index is 8.99. The third-order valence-corrected chi connectivity index (χ3v) is 3.22. The molecule has 2 heteroatoms. The molecule has 0 radical (unpaired) electrons. The van der Waals surface area contributed by atoms with Crippen molar-refractivity contribution in [2.75, 3.05) is 0 Å². The first-order valence-electron chi connectivity index (χ1n) is 5.64. The molecule has 0 aromatic rings. The number of rotatable bonds is 1. The van der Waals surface area contributed by atoms with Gasteiger partial charge in [0.1, 0.15) is 0 Å². The first-order valence-corrected chi connectivity index (χ1v) is 5.64. The summed E-state index contributed by atoms with van der Waals surface area (Å²) in [6.45, 7) is 0. The first kappa shape index (κ1) is 10.2. The fourth-order valence-electron chi connectivity index (χ4n) is 2.41. The summed E-state index contributed by atoms with van der Waals surface area (Å²) in [5, 5.41) is 12.4. The smallest absolute Gasteiger partial charge is 0.0610 e. The van der Waals surface area contributed by atoms with Crippen LogP contribution in [0.25, 0.3) is 0 Å². The van der Waals surface area contributed by atoms with Crippen LogP contribution in [0.2, 0.25) is 0 Å². The molecule has 1 fully saturated rings. The summed E-state index contributed by atoms with van der Waals surface area (Å²) in [6.07, 6.45) is 17.1. The summed E-state index contributed by atoms with van der Waals surface area (Å²) in [6, 6.07) is 0. The van der Waals surface area contributed by atoms with Gasteiger partial charge in [-0.3, -0.25) is 0 Å². The fourth-order valence-corrected chi connectivity index (χ4v) is 2.41. The van der Waals surface area contributed by atoms with Crippen LogP contribution >= 0.6 is 0 Å². The van der Waals surface area contributed by atoms with E-state index in [1.165, 1.54) is 6.42 Å². The van der Waals surface area contributed by atoms with Crippen LogP contribution in [0.3, 0.4) is 0 Å². The number of hydrogen-bond acceptors (Lipinski definition) is 2. The molecule has 1 atom stereocenters. The molecule has 0 saturated heterocycles. The number of allylic oxidation sites excluding steroid dienone is 6. The zero-order chi connectivity index (χ0) is 10.5. The van der Waals surface area contributed by atoms with Gasteiger partial charge in [-0.2, -0.15) is 0 Å². The highest BCUT2D eigenvalue weighted by Gasteiger charge is 2.26. The molecule has 1 saturated carbocycles. The number of hydrogen-bond donors (Lipinski definition) is 1. The largest absolute Gasteiger partial charge is 0.411 e. The van der Waals surface area contributed by atoms with Crippen molar-refractivity contribution in [3.05, 3.63) is 36.5 Å². The van der Waals surface area contributed by atoms with Crippen LogP contribution in [-0.4, -0.2) is 10.9 Å². The van der Waals surface area contributed by atoms with Crippen LogP contribution in [0.15, 0.2) is 41.6 Å². The minimum Gasteiger partial charge on any atom is -0.411 e. The Morgan fingerprint density at radius 2 is 1.80 bits per heavy atom. The van der Waals surface area contributed by atoms with Crippen molar-refractivity contribution < 1.29 is 5.21 Å². The maximum absolute atomic E-state index is 8.99. The van der Waals surface area contributed by atoms with Gasteiger partial charge in [0.25, 0.3) is 0 Å². The van der Waals surface area contributed by atoms with Gasteiger partial charge in [0.2, 0.25) is 0 Å². The summed E-state index contributed by atoms with van der Waals surface area (Å²) in [4.78, 5) is 0. The molecule has 0 aromatic heterocycles. The highest BCUT2D eigenvalue weighted by Crippen LogP contribution is 2.30. The molecule has 0 amide bonds. The lowest BCUT2D eigenvalue weighted by Gasteiger charge is -2.27. The second kappa shape index (κ2) is 4.96. The monoisotopic (exact) mass is 203 g/mol. The fraction of sp³-hybridized carbons (Fsp3) is 0.462. The van der Waals surface area contributed by atoms with Crippen LogP contribution in [0.4, 0.5) is 0 Å². The molecule has 1 N–H and O–H groups in total. The van der Waals surface area contributed by atoms with Crippen LogP contribution < -0.4 is 0 Å². The van der Waals surface area contributed by atoms with E-state index in [0.717, 1.165) is 25.0 Å². The SMILES string of the molecule is O/N=C1/CCCCC1C1C=CC=CC=C1. The molecule has 0 aromatic carbocycles. The van der Waals surface area contributed by atoms with Gasteiger partial charge in [0.15, 0.2) is 0 Å². The van der Waals surface area contributed by atoms with Crippen molar-refractivity contribution in [3.63, 3.8) is 0 Å². The Morgan fingerprint density at radius 1 is 1.07 bits per heavy atom. The molecular weight excluding hydrogens is 186 g/mol. The molecule has 0 spiro atoms. The molecule has 2 nitrogen and oxygen atoms in total. The number of nitrogens with zero attached hydrogens (tertiary/aromatic N) is 1. The molecular formula is C13H17NO. The van der Waals surface area contributed by atoms with E-state index in [9.17, 15) is 0 Å². The molecule has 2 aliphatic rings. The Hall–Kier alpha value is -1.31. The first-order chi connectivity index (χ1) is 7.42. The van der Waals surface area contributed by atoms with Crippen LogP contribution in [0, 0.1) is 11.8 Å². The normalized spacial score (nSPS) is 29.6. The van der Waals surface area contributed by atoms with Crippen LogP contribution in [0.1, 0.15) is 25.7 Å². The van der Waals surface area contributed by atoms with E-state index in [1.54, 1.807) is 0 Å². The summed E-state index contributed by atoms with van der Waals surface area (Å²) < 4.78 is 0. The molecule has 0 bridgehead atoms. The van der Waals surface area contributed by atoms with E-state index in [0.29, 0.717) is 11.8 Å². The third kappa shape index (κ3) is 2.38. The predicted octanol–water partition coefficient (Wildman–Crippen LogP) is 3.31. The van der Waals surface area contributed by atoms with E-state index in [-0.39, 0.29) is 0 Å².